The molecule has 0 spiro atoms. The van der Waals surface area contributed by atoms with Crippen molar-refractivity contribution in [2.75, 3.05) is 12.4 Å². The van der Waals surface area contributed by atoms with E-state index in [4.69, 9.17) is 31.4 Å². The van der Waals surface area contributed by atoms with E-state index >= 15 is 0 Å². The molecule has 38 heavy (non-hydrogen) atoms. The first-order valence-electron chi connectivity index (χ1n) is 11.9. The number of ether oxygens (including phenoxy) is 1. The van der Waals surface area contributed by atoms with Crippen LogP contribution in [0.2, 0.25) is 0 Å². The van der Waals surface area contributed by atoms with Crippen molar-refractivity contribution in [2.45, 2.75) is 13.1 Å². The summed E-state index contributed by atoms with van der Waals surface area (Å²) in [5.41, 5.74) is 15.4. The molecule has 188 valence electrons. The van der Waals surface area contributed by atoms with Gasteiger partial charge in [-0.25, -0.2) is 4.98 Å². The normalized spacial score (nSPS) is 11.4. The largest absolute Gasteiger partial charge is 0.494 e. The maximum atomic E-state index is 11.4. The lowest BCUT2D eigenvalue weighted by atomic mass is 10.1. The number of nitriles is 1. The van der Waals surface area contributed by atoms with Gasteiger partial charge in [0.2, 0.25) is 5.95 Å². The van der Waals surface area contributed by atoms with Gasteiger partial charge in [-0.1, -0.05) is 42.5 Å². The van der Waals surface area contributed by atoms with Crippen molar-refractivity contribution in [1.82, 2.24) is 14.5 Å². The average Bonchev–Trinajstić information content (AvgIpc) is 3.33. The molecule has 0 bridgehead atoms. The quantitative estimate of drug-likeness (QED) is 0.214. The van der Waals surface area contributed by atoms with Gasteiger partial charge in [0, 0.05) is 29.6 Å². The van der Waals surface area contributed by atoms with Crippen LogP contribution in [-0.2, 0) is 17.9 Å². The first kappa shape index (κ1) is 24.5. The van der Waals surface area contributed by atoms with E-state index in [2.05, 4.69) is 5.32 Å². The lowest BCUT2D eigenvalue weighted by molar-refractivity contribution is -0.114. The fourth-order valence-electron chi connectivity index (χ4n) is 4.42. The van der Waals surface area contributed by atoms with Crippen molar-refractivity contribution in [3.05, 3.63) is 95.2 Å². The Bertz CT molecular complexity index is 1750. The number of anilines is 1. The summed E-state index contributed by atoms with van der Waals surface area (Å²) in [7, 11) is 1.61. The molecule has 0 unspecified atom stereocenters. The number of nitrogens with one attached hydrogen (secondary N) is 1. The van der Waals surface area contributed by atoms with Crippen LogP contribution in [0.1, 0.15) is 16.8 Å². The molecule has 2 aromatic heterocycles. The second-order valence-electron chi connectivity index (χ2n) is 8.60. The first-order chi connectivity index (χ1) is 18.5. The fourth-order valence-corrected chi connectivity index (χ4v) is 4.42. The number of nitrogens with two attached hydrogens (primary N) is 2. The van der Waals surface area contributed by atoms with Crippen LogP contribution in [0, 0.1) is 11.3 Å². The van der Waals surface area contributed by atoms with E-state index in [9.17, 15) is 4.79 Å². The van der Waals surface area contributed by atoms with Crippen molar-refractivity contribution >= 4 is 39.6 Å². The smallest absolute Gasteiger partial charge is 0.259 e. The van der Waals surface area contributed by atoms with E-state index in [0.29, 0.717) is 41.7 Å². The molecule has 5 rings (SSSR count). The van der Waals surface area contributed by atoms with Gasteiger partial charge < -0.3 is 21.5 Å². The van der Waals surface area contributed by atoms with E-state index in [-0.39, 0.29) is 5.57 Å². The van der Waals surface area contributed by atoms with Gasteiger partial charge in [-0.3, -0.25) is 9.36 Å². The maximum Gasteiger partial charge on any atom is 0.259 e. The molecule has 0 aliphatic heterocycles. The number of primary amides is 1. The number of amides is 1. The Morgan fingerprint density at radius 3 is 2.68 bits per heavy atom. The highest BCUT2D eigenvalue weighted by molar-refractivity contribution is 6.00. The van der Waals surface area contributed by atoms with Crippen LogP contribution in [0.3, 0.4) is 0 Å². The van der Waals surface area contributed by atoms with Crippen molar-refractivity contribution in [1.29, 1.82) is 5.26 Å². The minimum absolute atomic E-state index is 0.108. The highest BCUT2D eigenvalue weighted by Gasteiger charge is 2.17. The number of fused-ring (bicyclic) bond motifs is 2. The minimum atomic E-state index is -0.764. The zero-order valence-corrected chi connectivity index (χ0v) is 20.7. The Balaban J connectivity index is 1.59. The SMILES string of the molecule is COc1cccc2c(NCc3cccc(C=C(C#N)C(N)=O)c3)nc(-n3c(CN)cc4ccccc43)nc12. The zero-order chi connectivity index (χ0) is 26.6. The molecular weight excluding hydrogens is 478 g/mol. The highest BCUT2D eigenvalue weighted by Crippen LogP contribution is 2.31. The van der Waals surface area contributed by atoms with Crippen LogP contribution in [0.15, 0.2) is 78.4 Å². The molecule has 0 saturated carbocycles. The third-order valence-electron chi connectivity index (χ3n) is 6.20. The first-order valence-corrected chi connectivity index (χ1v) is 11.9. The van der Waals surface area contributed by atoms with Crippen LogP contribution in [-0.4, -0.2) is 27.6 Å². The van der Waals surface area contributed by atoms with Crippen molar-refractivity contribution in [3.63, 3.8) is 0 Å². The lowest BCUT2D eigenvalue weighted by Crippen LogP contribution is -2.12. The predicted molar refractivity (Wildman–Crippen MR) is 147 cm³/mol. The topological polar surface area (TPSA) is 145 Å². The molecule has 0 atom stereocenters. The van der Waals surface area contributed by atoms with Crippen LogP contribution in [0.5, 0.6) is 5.75 Å². The van der Waals surface area contributed by atoms with E-state index in [0.717, 1.165) is 27.5 Å². The molecule has 9 heteroatoms. The molecule has 2 heterocycles. The van der Waals surface area contributed by atoms with Crippen molar-refractivity contribution in [2.24, 2.45) is 11.5 Å². The second kappa shape index (κ2) is 10.4. The third kappa shape index (κ3) is 4.64. The number of carbonyl (C=O) groups is 1. The molecule has 5 aromatic rings. The van der Waals surface area contributed by atoms with Crippen molar-refractivity contribution in [3.8, 4) is 17.8 Å². The molecule has 0 aliphatic rings. The van der Waals surface area contributed by atoms with E-state index in [1.54, 1.807) is 13.2 Å². The zero-order valence-electron chi connectivity index (χ0n) is 20.7. The van der Waals surface area contributed by atoms with Gasteiger partial charge >= 0.3 is 0 Å². The summed E-state index contributed by atoms with van der Waals surface area (Å²) >= 11 is 0. The van der Waals surface area contributed by atoms with Gasteiger partial charge in [-0.05, 0) is 47.5 Å². The number of methoxy groups -OCH3 is 1. The molecule has 1 amide bonds. The summed E-state index contributed by atoms with van der Waals surface area (Å²) in [4.78, 5) is 21.2. The average molecular weight is 504 g/mol. The summed E-state index contributed by atoms with van der Waals surface area (Å²) < 4.78 is 7.59. The number of para-hydroxylation sites is 2. The third-order valence-corrected chi connectivity index (χ3v) is 6.20. The maximum absolute atomic E-state index is 11.4. The number of carbonyl (C=O) groups excluding carboxylic acids is 1. The molecule has 0 saturated heterocycles. The molecular formula is C29H25N7O2. The van der Waals surface area contributed by atoms with E-state index in [1.165, 1.54) is 6.08 Å². The van der Waals surface area contributed by atoms with Gasteiger partial charge in [0.25, 0.3) is 5.91 Å². The van der Waals surface area contributed by atoms with E-state index < -0.39 is 5.91 Å². The number of nitrogens with zero attached hydrogens (tertiary/aromatic N) is 4. The van der Waals surface area contributed by atoms with Crippen LogP contribution < -0.4 is 21.5 Å². The summed E-state index contributed by atoms with van der Waals surface area (Å²) in [6.07, 6.45) is 1.47. The van der Waals surface area contributed by atoms with Gasteiger partial charge in [0.05, 0.1) is 12.6 Å². The summed E-state index contributed by atoms with van der Waals surface area (Å²) in [6.45, 7) is 0.750. The van der Waals surface area contributed by atoms with Gasteiger partial charge in [0.15, 0.2) is 0 Å². The van der Waals surface area contributed by atoms with Crippen LogP contribution in [0.25, 0.3) is 33.8 Å². The molecule has 0 radical (unpaired) electrons. The van der Waals surface area contributed by atoms with Gasteiger partial charge in [-0.2, -0.15) is 10.2 Å². The number of aromatic nitrogens is 3. The number of benzene rings is 3. The Morgan fingerprint density at radius 1 is 1.11 bits per heavy atom. The Labute approximate surface area is 219 Å². The summed E-state index contributed by atoms with van der Waals surface area (Å²) in [5, 5.41) is 14.4. The molecule has 9 nitrogen and oxygen atoms in total. The summed E-state index contributed by atoms with van der Waals surface area (Å²) in [6, 6.07) is 25.0. The lowest BCUT2D eigenvalue weighted by Gasteiger charge is -2.15. The van der Waals surface area contributed by atoms with Gasteiger partial charge in [-0.15, -0.1) is 0 Å². The van der Waals surface area contributed by atoms with Crippen LogP contribution in [0.4, 0.5) is 5.82 Å². The fraction of sp³-hybridized carbons (Fsp3) is 0.103. The monoisotopic (exact) mass is 503 g/mol. The predicted octanol–water partition coefficient (Wildman–Crippen LogP) is 4.05. The standard InChI is InChI=1S/C29H25N7O2/c1-38-25-11-5-9-23-26(25)34-29(36-22(16-31)14-20-8-2-3-10-24(20)36)35-28(23)33-17-19-7-4-6-18(12-19)13-21(15-30)27(32)37/h2-14H,16-17,31H2,1H3,(H2,32,37)(H,33,34,35). The number of rotatable bonds is 8. The Morgan fingerprint density at radius 2 is 1.92 bits per heavy atom. The van der Waals surface area contributed by atoms with Crippen LogP contribution >= 0.6 is 0 Å². The molecule has 5 N–H and O–H groups in total. The Hall–Kier alpha value is -5.20. The minimum Gasteiger partial charge on any atom is -0.494 e. The van der Waals surface area contributed by atoms with Crippen molar-refractivity contribution < 1.29 is 9.53 Å². The molecule has 0 fully saturated rings. The summed E-state index contributed by atoms with van der Waals surface area (Å²) in [5.74, 6) is 0.963. The number of hydrogen-bond donors (Lipinski definition) is 3. The molecule has 3 aromatic carbocycles. The number of hydrogen-bond acceptors (Lipinski definition) is 7. The van der Waals surface area contributed by atoms with E-state index in [1.807, 2.05) is 77.4 Å². The van der Waals surface area contributed by atoms with Gasteiger partial charge in [0.1, 0.15) is 28.7 Å². The highest BCUT2D eigenvalue weighted by atomic mass is 16.5. The second-order valence-corrected chi connectivity index (χ2v) is 8.60. The molecule has 0 aliphatic carbocycles. The Kier molecular flexibility index (Phi) is 6.72.